The van der Waals surface area contributed by atoms with Crippen LogP contribution >= 0.6 is 0 Å². The van der Waals surface area contributed by atoms with Crippen molar-refractivity contribution in [2.24, 2.45) is 5.92 Å². The lowest BCUT2D eigenvalue weighted by Crippen LogP contribution is -2.41. The number of aliphatic carboxylic acids is 1. The third-order valence-corrected chi connectivity index (χ3v) is 5.55. The predicted molar refractivity (Wildman–Crippen MR) is 90.9 cm³/mol. The van der Waals surface area contributed by atoms with Crippen LogP contribution in [0.25, 0.3) is 5.69 Å². The van der Waals surface area contributed by atoms with Crippen LogP contribution in [-0.2, 0) is 11.3 Å². The number of likely N-dealkylation sites (tertiary alicyclic amines) is 1. The Bertz CT molecular complexity index is 713. The number of carboxylic acids is 1. The van der Waals surface area contributed by atoms with E-state index >= 15 is 0 Å². The van der Waals surface area contributed by atoms with Gasteiger partial charge >= 0.3 is 5.97 Å². The molecular weight excluding hydrogens is 302 g/mol. The van der Waals surface area contributed by atoms with Gasteiger partial charge in [-0.2, -0.15) is 5.10 Å². The van der Waals surface area contributed by atoms with Crippen LogP contribution in [0.4, 0.5) is 0 Å². The number of fused-ring (bicyclic) bond motifs is 1. The zero-order valence-corrected chi connectivity index (χ0v) is 13.7. The van der Waals surface area contributed by atoms with E-state index < -0.39 is 5.97 Å². The van der Waals surface area contributed by atoms with E-state index in [1.54, 1.807) is 6.20 Å². The van der Waals surface area contributed by atoms with Crippen LogP contribution in [0.3, 0.4) is 0 Å². The van der Waals surface area contributed by atoms with Gasteiger partial charge in [0.1, 0.15) is 6.04 Å². The molecule has 1 aliphatic carbocycles. The molecule has 24 heavy (non-hydrogen) atoms. The summed E-state index contributed by atoms with van der Waals surface area (Å²) in [6.45, 7) is 0.702. The molecule has 126 valence electrons. The standard InChI is InChI=1S/C19H23N3O2/c23-19(24)18-12-15-6-1-2-8-17(15)21(18)13-14-5-3-7-16(11-14)22-10-4-9-20-22/h3-5,7,9-11,15,17-18H,1-2,6,8,12-13H2,(H,23,24). The first-order valence-corrected chi connectivity index (χ1v) is 8.80. The Kier molecular flexibility index (Phi) is 4.10. The second-order valence-electron chi connectivity index (χ2n) is 6.99. The van der Waals surface area contributed by atoms with Crippen molar-refractivity contribution in [1.29, 1.82) is 0 Å². The van der Waals surface area contributed by atoms with Crippen molar-refractivity contribution in [2.75, 3.05) is 0 Å². The van der Waals surface area contributed by atoms with Gasteiger partial charge in [0, 0.05) is 25.0 Å². The highest BCUT2D eigenvalue weighted by atomic mass is 16.4. The van der Waals surface area contributed by atoms with Crippen molar-refractivity contribution < 1.29 is 9.90 Å². The van der Waals surface area contributed by atoms with Gasteiger partial charge in [-0.15, -0.1) is 0 Å². The maximum absolute atomic E-state index is 11.7. The maximum atomic E-state index is 11.7. The molecule has 2 heterocycles. The molecule has 1 saturated carbocycles. The van der Waals surface area contributed by atoms with Crippen LogP contribution in [0.5, 0.6) is 0 Å². The molecule has 0 radical (unpaired) electrons. The summed E-state index contributed by atoms with van der Waals surface area (Å²) in [5.41, 5.74) is 2.17. The van der Waals surface area contributed by atoms with Crippen molar-refractivity contribution in [2.45, 2.75) is 50.7 Å². The number of hydrogen-bond donors (Lipinski definition) is 1. The Balaban J connectivity index is 1.58. The van der Waals surface area contributed by atoms with Gasteiger partial charge < -0.3 is 5.11 Å². The maximum Gasteiger partial charge on any atom is 0.320 e. The summed E-state index contributed by atoms with van der Waals surface area (Å²) in [5.74, 6) is -0.123. The number of carbonyl (C=O) groups is 1. The third kappa shape index (κ3) is 2.84. The van der Waals surface area contributed by atoms with E-state index in [1.807, 2.05) is 29.1 Å². The van der Waals surface area contributed by atoms with Crippen LogP contribution < -0.4 is 0 Å². The first-order valence-electron chi connectivity index (χ1n) is 8.80. The second kappa shape index (κ2) is 6.40. The van der Waals surface area contributed by atoms with Gasteiger partial charge in [-0.05, 0) is 48.9 Å². The summed E-state index contributed by atoms with van der Waals surface area (Å²) < 4.78 is 1.84. The molecule has 0 spiro atoms. The summed E-state index contributed by atoms with van der Waals surface area (Å²) in [6, 6.07) is 10.2. The fourth-order valence-electron chi connectivity index (χ4n) is 4.45. The average Bonchev–Trinajstić information content (AvgIpc) is 3.24. The number of benzene rings is 1. The topological polar surface area (TPSA) is 58.4 Å². The molecule has 2 aliphatic rings. The normalized spacial score (nSPS) is 27.1. The summed E-state index contributed by atoms with van der Waals surface area (Å²) in [6.07, 6.45) is 9.27. The van der Waals surface area contributed by atoms with Crippen molar-refractivity contribution in [3.05, 3.63) is 48.3 Å². The van der Waals surface area contributed by atoms with E-state index in [4.69, 9.17) is 0 Å². The van der Waals surface area contributed by atoms with Gasteiger partial charge in [-0.1, -0.05) is 25.0 Å². The number of hydrogen-bond acceptors (Lipinski definition) is 3. The monoisotopic (exact) mass is 325 g/mol. The van der Waals surface area contributed by atoms with Crippen molar-refractivity contribution >= 4 is 5.97 Å². The van der Waals surface area contributed by atoms with Crippen molar-refractivity contribution in [1.82, 2.24) is 14.7 Å². The van der Waals surface area contributed by atoms with Gasteiger partial charge in [0.05, 0.1) is 5.69 Å². The van der Waals surface area contributed by atoms with Gasteiger partial charge in [0.25, 0.3) is 0 Å². The molecule has 1 aromatic heterocycles. The minimum Gasteiger partial charge on any atom is -0.480 e. The molecule has 1 N–H and O–H groups in total. The highest BCUT2D eigenvalue weighted by Crippen LogP contribution is 2.40. The zero-order valence-electron chi connectivity index (χ0n) is 13.7. The Hall–Kier alpha value is -2.14. The van der Waals surface area contributed by atoms with E-state index in [-0.39, 0.29) is 6.04 Å². The number of aromatic nitrogens is 2. The Labute approximate surface area is 141 Å². The molecule has 5 heteroatoms. The largest absolute Gasteiger partial charge is 0.480 e. The fraction of sp³-hybridized carbons (Fsp3) is 0.474. The molecule has 2 fully saturated rings. The third-order valence-electron chi connectivity index (χ3n) is 5.55. The van der Waals surface area contributed by atoms with E-state index in [0.717, 1.165) is 24.1 Å². The van der Waals surface area contributed by atoms with E-state index in [1.165, 1.54) is 19.3 Å². The summed E-state index contributed by atoms with van der Waals surface area (Å²) in [5, 5.41) is 13.9. The number of rotatable bonds is 4. The first-order chi connectivity index (χ1) is 11.7. The molecule has 0 amide bonds. The molecule has 1 aliphatic heterocycles. The van der Waals surface area contributed by atoms with Crippen molar-refractivity contribution in [3.63, 3.8) is 0 Å². The summed E-state index contributed by atoms with van der Waals surface area (Å²) >= 11 is 0. The smallest absolute Gasteiger partial charge is 0.320 e. The first kappa shape index (κ1) is 15.4. The highest BCUT2D eigenvalue weighted by molar-refractivity contribution is 5.74. The van der Waals surface area contributed by atoms with E-state index in [0.29, 0.717) is 18.5 Å². The van der Waals surface area contributed by atoms with Crippen LogP contribution in [-0.4, -0.2) is 37.8 Å². The molecule has 5 nitrogen and oxygen atoms in total. The number of carboxylic acid groups (broad SMARTS) is 1. The lowest BCUT2D eigenvalue weighted by atomic mass is 9.84. The SMILES string of the molecule is O=C(O)C1CC2CCCCC2N1Cc1cccc(-n2cccn2)c1. The number of nitrogens with zero attached hydrogens (tertiary/aromatic N) is 3. The minimum atomic E-state index is -0.673. The zero-order chi connectivity index (χ0) is 16.5. The second-order valence-corrected chi connectivity index (χ2v) is 6.99. The Morgan fingerprint density at radius 3 is 2.92 bits per heavy atom. The molecule has 1 aromatic carbocycles. The van der Waals surface area contributed by atoms with Crippen LogP contribution in [0.15, 0.2) is 42.7 Å². The Morgan fingerprint density at radius 2 is 2.12 bits per heavy atom. The quantitative estimate of drug-likeness (QED) is 0.938. The lowest BCUT2D eigenvalue weighted by molar-refractivity contribution is -0.142. The van der Waals surface area contributed by atoms with Crippen LogP contribution in [0, 0.1) is 5.92 Å². The lowest BCUT2D eigenvalue weighted by Gasteiger charge is -2.33. The van der Waals surface area contributed by atoms with Crippen LogP contribution in [0.2, 0.25) is 0 Å². The molecule has 2 aromatic rings. The van der Waals surface area contributed by atoms with Gasteiger partial charge in [0.15, 0.2) is 0 Å². The molecule has 4 rings (SSSR count). The van der Waals surface area contributed by atoms with Gasteiger partial charge in [-0.25, -0.2) is 4.68 Å². The molecular formula is C19H23N3O2. The molecule has 3 unspecified atom stereocenters. The minimum absolute atomic E-state index is 0.341. The predicted octanol–water partition coefficient (Wildman–Crippen LogP) is 3.09. The average molecular weight is 325 g/mol. The summed E-state index contributed by atoms with van der Waals surface area (Å²) in [7, 11) is 0. The highest BCUT2D eigenvalue weighted by Gasteiger charge is 2.44. The van der Waals surface area contributed by atoms with E-state index in [2.05, 4.69) is 22.1 Å². The van der Waals surface area contributed by atoms with Crippen molar-refractivity contribution in [3.8, 4) is 5.69 Å². The van der Waals surface area contributed by atoms with Gasteiger partial charge in [-0.3, -0.25) is 9.69 Å². The van der Waals surface area contributed by atoms with E-state index in [9.17, 15) is 9.90 Å². The molecule has 0 bridgehead atoms. The molecule has 1 saturated heterocycles. The van der Waals surface area contributed by atoms with Crippen LogP contribution in [0.1, 0.15) is 37.7 Å². The summed E-state index contributed by atoms with van der Waals surface area (Å²) in [4.78, 5) is 14.0. The fourth-order valence-corrected chi connectivity index (χ4v) is 4.45. The van der Waals surface area contributed by atoms with Gasteiger partial charge in [0.2, 0.25) is 0 Å². The Morgan fingerprint density at radius 1 is 1.25 bits per heavy atom. The molecule has 3 atom stereocenters.